The van der Waals surface area contributed by atoms with Gasteiger partial charge in [-0.05, 0) is 44.9 Å². The van der Waals surface area contributed by atoms with Crippen LogP contribution in [0.3, 0.4) is 0 Å². The molecule has 0 saturated carbocycles. The highest BCUT2D eigenvalue weighted by Gasteiger charge is 2.33. The summed E-state index contributed by atoms with van der Waals surface area (Å²) in [6, 6.07) is 8.84. The fourth-order valence-corrected chi connectivity index (χ4v) is 6.82. The topological polar surface area (TPSA) is 76.3 Å². The van der Waals surface area contributed by atoms with Crippen LogP contribution in [0, 0.1) is 6.92 Å². The molecule has 3 aromatic rings. The number of aryl methyl sites for hydroxylation is 1. The van der Waals surface area contributed by atoms with Gasteiger partial charge in [0, 0.05) is 28.0 Å². The Bertz CT molecular complexity index is 1110. The molecule has 0 spiro atoms. The van der Waals surface area contributed by atoms with Crippen molar-refractivity contribution in [1.82, 2.24) is 14.4 Å². The standard InChI is InChI=1S/C19H20ClN3O3S2/c1-12-6-3-4-9-23(12)28(24,25)17-11-16(27-13(17)2)19-21-18(22-26-19)14-7-5-8-15(20)10-14/h5,7-8,10-12H,3-4,6,9H2,1-2H3/t12-/m1/s1. The minimum Gasteiger partial charge on any atom is -0.333 e. The molecule has 1 aliphatic rings. The smallest absolute Gasteiger partial charge is 0.268 e. The molecule has 1 aliphatic heterocycles. The molecule has 0 N–H and O–H groups in total. The molecular weight excluding hydrogens is 418 g/mol. The second-order valence-corrected chi connectivity index (χ2v) is 10.5. The van der Waals surface area contributed by atoms with E-state index < -0.39 is 10.0 Å². The van der Waals surface area contributed by atoms with Crippen molar-refractivity contribution in [2.75, 3.05) is 6.54 Å². The van der Waals surface area contributed by atoms with Crippen molar-refractivity contribution >= 4 is 33.0 Å². The van der Waals surface area contributed by atoms with Crippen LogP contribution in [0.15, 0.2) is 39.8 Å². The molecule has 28 heavy (non-hydrogen) atoms. The molecule has 1 atom stereocenters. The monoisotopic (exact) mass is 437 g/mol. The number of aromatic nitrogens is 2. The number of hydrogen-bond acceptors (Lipinski definition) is 6. The van der Waals surface area contributed by atoms with E-state index in [4.69, 9.17) is 16.1 Å². The number of hydrogen-bond donors (Lipinski definition) is 0. The van der Waals surface area contributed by atoms with E-state index in [-0.39, 0.29) is 6.04 Å². The normalized spacial score (nSPS) is 18.5. The first kappa shape index (κ1) is 19.6. The van der Waals surface area contributed by atoms with Crippen LogP contribution in [-0.4, -0.2) is 35.5 Å². The first-order chi connectivity index (χ1) is 13.4. The summed E-state index contributed by atoms with van der Waals surface area (Å²) in [5.41, 5.74) is 0.741. The van der Waals surface area contributed by atoms with E-state index in [1.165, 1.54) is 11.3 Å². The summed E-state index contributed by atoms with van der Waals surface area (Å²) in [6.45, 7) is 4.34. The zero-order valence-electron chi connectivity index (χ0n) is 15.6. The average Bonchev–Trinajstić information content (AvgIpc) is 3.29. The van der Waals surface area contributed by atoms with Crippen LogP contribution in [-0.2, 0) is 10.0 Å². The summed E-state index contributed by atoms with van der Waals surface area (Å²) in [5, 5.41) is 4.59. The third kappa shape index (κ3) is 3.61. The maximum Gasteiger partial charge on any atom is 0.268 e. The molecule has 2 aromatic heterocycles. The quantitative estimate of drug-likeness (QED) is 0.574. The molecule has 0 bridgehead atoms. The number of piperidine rings is 1. The van der Waals surface area contributed by atoms with Crippen LogP contribution in [0.5, 0.6) is 0 Å². The van der Waals surface area contributed by atoms with Gasteiger partial charge >= 0.3 is 0 Å². The van der Waals surface area contributed by atoms with Crippen molar-refractivity contribution in [3.63, 3.8) is 0 Å². The molecule has 3 heterocycles. The number of rotatable bonds is 4. The predicted molar refractivity (Wildman–Crippen MR) is 110 cm³/mol. The molecule has 148 valence electrons. The molecule has 1 fully saturated rings. The Balaban J connectivity index is 1.67. The molecular formula is C19H20ClN3O3S2. The maximum atomic E-state index is 13.2. The largest absolute Gasteiger partial charge is 0.333 e. The Morgan fingerprint density at radius 1 is 1.29 bits per heavy atom. The lowest BCUT2D eigenvalue weighted by Crippen LogP contribution is -2.41. The minimum absolute atomic E-state index is 0.0133. The van der Waals surface area contributed by atoms with Gasteiger partial charge in [0.05, 0.1) is 9.77 Å². The van der Waals surface area contributed by atoms with Crippen molar-refractivity contribution in [2.24, 2.45) is 0 Å². The minimum atomic E-state index is -3.54. The van der Waals surface area contributed by atoms with Crippen molar-refractivity contribution in [3.8, 4) is 22.2 Å². The van der Waals surface area contributed by atoms with Crippen molar-refractivity contribution < 1.29 is 12.9 Å². The first-order valence-electron chi connectivity index (χ1n) is 9.08. The zero-order valence-corrected chi connectivity index (χ0v) is 17.9. The van der Waals surface area contributed by atoms with Crippen LogP contribution >= 0.6 is 22.9 Å². The average molecular weight is 438 g/mol. The molecule has 0 unspecified atom stereocenters. The van der Waals surface area contributed by atoms with E-state index in [1.807, 2.05) is 26.0 Å². The van der Waals surface area contributed by atoms with Gasteiger partial charge in [-0.3, -0.25) is 0 Å². The van der Waals surface area contributed by atoms with Gasteiger partial charge in [0.1, 0.15) is 0 Å². The van der Waals surface area contributed by atoms with Crippen molar-refractivity contribution in [2.45, 2.75) is 44.0 Å². The third-order valence-electron chi connectivity index (χ3n) is 4.92. The molecule has 0 radical (unpaired) electrons. The second-order valence-electron chi connectivity index (χ2n) is 6.93. The lowest BCUT2D eigenvalue weighted by molar-refractivity contribution is 0.268. The predicted octanol–water partition coefficient (Wildman–Crippen LogP) is 4.99. The van der Waals surface area contributed by atoms with Crippen LogP contribution in [0.1, 0.15) is 31.1 Å². The number of thiophene rings is 1. The van der Waals surface area contributed by atoms with E-state index in [2.05, 4.69) is 10.1 Å². The van der Waals surface area contributed by atoms with Gasteiger partial charge in [-0.1, -0.05) is 35.3 Å². The van der Waals surface area contributed by atoms with E-state index in [1.54, 1.807) is 22.5 Å². The van der Waals surface area contributed by atoms with Crippen molar-refractivity contribution in [3.05, 3.63) is 40.2 Å². The molecule has 1 saturated heterocycles. The van der Waals surface area contributed by atoms with Gasteiger partial charge < -0.3 is 4.52 Å². The lowest BCUT2D eigenvalue weighted by Gasteiger charge is -2.32. The first-order valence-corrected chi connectivity index (χ1v) is 11.7. The van der Waals surface area contributed by atoms with Crippen LogP contribution in [0.2, 0.25) is 5.02 Å². The highest BCUT2D eigenvalue weighted by atomic mass is 35.5. The Labute approximate surface area is 173 Å². The second kappa shape index (κ2) is 7.59. The molecule has 1 aromatic carbocycles. The molecule has 6 nitrogen and oxygen atoms in total. The van der Waals surface area contributed by atoms with Gasteiger partial charge in [-0.15, -0.1) is 11.3 Å². The Hall–Kier alpha value is -1.74. The number of nitrogens with zero attached hydrogens (tertiary/aromatic N) is 3. The molecule has 0 aliphatic carbocycles. The fourth-order valence-electron chi connectivity index (χ4n) is 3.45. The van der Waals surface area contributed by atoms with Crippen LogP contribution in [0.25, 0.3) is 22.2 Å². The number of benzene rings is 1. The fraction of sp³-hybridized carbons (Fsp3) is 0.368. The molecule has 0 amide bonds. The maximum absolute atomic E-state index is 13.2. The SMILES string of the molecule is Cc1sc(-c2nc(-c3cccc(Cl)c3)no2)cc1S(=O)(=O)N1CCCC[C@H]1C. The van der Waals surface area contributed by atoms with Gasteiger partial charge in [-0.2, -0.15) is 9.29 Å². The van der Waals surface area contributed by atoms with E-state index in [0.717, 1.165) is 29.7 Å². The van der Waals surface area contributed by atoms with E-state index in [9.17, 15) is 8.42 Å². The van der Waals surface area contributed by atoms with Gasteiger partial charge in [0.25, 0.3) is 5.89 Å². The van der Waals surface area contributed by atoms with Gasteiger partial charge in [-0.25, -0.2) is 8.42 Å². The highest BCUT2D eigenvalue weighted by molar-refractivity contribution is 7.89. The summed E-state index contributed by atoms with van der Waals surface area (Å²) >= 11 is 7.37. The molecule has 9 heteroatoms. The Morgan fingerprint density at radius 3 is 2.86 bits per heavy atom. The zero-order chi connectivity index (χ0) is 19.9. The van der Waals surface area contributed by atoms with Crippen molar-refractivity contribution in [1.29, 1.82) is 0 Å². The Morgan fingerprint density at radius 2 is 2.11 bits per heavy atom. The highest BCUT2D eigenvalue weighted by Crippen LogP contribution is 2.36. The summed E-state index contributed by atoms with van der Waals surface area (Å²) in [6.07, 6.45) is 2.85. The van der Waals surface area contributed by atoms with Crippen LogP contribution in [0.4, 0.5) is 0 Å². The summed E-state index contributed by atoms with van der Waals surface area (Å²) in [7, 11) is -3.54. The molecule has 4 rings (SSSR count). The Kier molecular flexibility index (Phi) is 5.30. The summed E-state index contributed by atoms with van der Waals surface area (Å²) < 4.78 is 33.4. The van der Waals surface area contributed by atoms with E-state index in [0.29, 0.717) is 33.1 Å². The number of sulfonamides is 1. The summed E-state index contributed by atoms with van der Waals surface area (Å²) in [4.78, 5) is 6.10. The van der Waals surface area contributed by atoms with Gasteiger partial charge in [0.2, 0.25) is 15.8 Å². The van der Waals surface area contributed by atoms with E-state index >= 15 is 0 Å². The summed E-state index contributed by atoms with van der Waals surface area (Å²) in [5.74, 6) is 0.717. The lowest BCUT2D eigenvalue weighted by atomic mass is 10.1. The third-order valence-corrected chi connectivity index (χ3v) is 8.46. The number of halogens is 1. The van der Waals surface area contributed by atoms with Gasteiger partial charge in [0.15, 0.2) is 0 Å². The van der Waals surface area contributed by atoms with Crippen LogP contribution < -0.4 is 0 Å².